The zero-order valence-corrected chi connectivity index (χ0v) is 44.9. The van der Waals surface area contributed by atoms with Crippen LogP contribution in [0.5, 0.6) is 0 Å². The molecule has 0 aromatic heterocycles. The third-order valence-electron chi connectivity index (χ3n) is 12.5. The number of likely N-dealkylation sites (tertiary alicyclic amines) is 1. The van der Waals surface area contributed by atoms with E-state index >= 15 is 0 Å². The fraction of sp³-hybridized carbons (Fsp3) is 0.761. The summed E-state index contributed by atoms with van der Waals surface area (Å²) in [5.41, 5.74) is 0.321. The van der Waals surface area contributed by atoms with Gasteiger partial charge < -0.3 is 49.7 Å². The van der Waals surface area contributed by atoms with Crippen LogP contribution < -0.4 is 16.0 Å². The number of phosphoric ester groups is 2. The van der Waals surface area contributed by atoms with Crippen molar-refractivity contribution in [3.63, 3.8) is 0 Å². The van der Waals surface area contributed by atoms with Gasteiger partial charge >= 0.3 is 15.6 Å². The molecule has 1 fully saturated rings. The van der Waals surface area contributed by atoms with Gasteiger partial charge in [-0.2, -0.15) is 4.31 Å². The minimum absolute atomic E-state index is 0.00274. The van der Waals surface area contributed by atoms with Crippen LogP contribution in [0, 0.1) is 23.7 Å². The molecule has 396 valence electrons. The van der Waals surface area contributed by atoms with Crippen molar-refractivity contribution in [1.82, 2.24) is 30.7 Å². The Kier molecular flexibility index (Phi) is 26.2. The van der Waals surface area contributed by atoms with Crippen LogP contribution in [0.4, 0.5) is 0 Å². The Bertz CT molecular complexity index is 1870. The molecule has 1 aliphatic rings. The third-order valence-corrected chi connectivity index (χ3v) is 15.1. The van der Waals surface area contributed by atoms with Gasteiger partial charge in [0.25, 0.3) is 0 Å². The molecule has 0 aliphatic carbocycles. The molecule has 1 heterocycles. The zero-order valence-electron chi connectivity index (χ0n) is 43.1. The second-order valence-corrected chi connectivity index (χ2v) is 21.5. The molecule has 1 aliphatic heterocycles. The number of phosphoric acid groups is 2. The number of amides is 5. The van der Waals surface area contributed by atoms with Gasteiger partial charge in [-0.1, -0.05) is 85.2 Å². The van der Waals surface area contributed by atoms with E-state index in [1.54, 1.807) is 61.0 Å². The first-order chi connectivity index (χ1) is 32.3. The van der Waals surface area contributed by atoms with E-state index in [2.05, 4.69) is 20.3 Å². The Balaban J connectivity index is 2.27. The molecule has 0 radical (unpaired) electrons. The number of nitrogens with one attached hydrogen (secondary N) is 3. The molecule has 69 heavy (non-hydrogen) atoms. The minimum Gasteiger partial charge on any atom is -0.379 e. The van der Waals surface area contributed by atoms with E-state index < -0.39 is 88.5 Å². The standard InChI is InChI=1S/C46H82N6O15P2/c1-15-31(7)41(51(12)46(57)39(29(3)4)49-45(56)40(30(5)6)50(10)11)36(62-13)27-38(54)52-25-20-23-35(52)42(63-14)32(8)44(55)48-33(9)43(34-21-18-17-19-22-34)66-69(60,61)67-68(58,59)65-26-24-47-37(53)28-64-16-2/h17-19,21-22,29-33,35-36,39-43H,15-16,20,23-28H2,1-14H3,(H,47,53)(H,48,55)(H,49,56)(H,58,59)(H,60,61)/t31-,32+,33+,35-,36+,39-,40-,41-,42+,43+/m0/s1. The third kappa shape index (κ3) is 19.0. The first-order valence-corrected chi connectivity index (χ1v) is 26.7. The predicted molar refractivity (Wildman–Crippen MR) is 259 cm³/mol. The Labute approximate surface area is 409 Å². The predicted octanol–water partition coefficient (Wildman–Crippen LogP) is 4.28. The lowest BCUT2D eigenvalue weighted by molar-refractivity contribution is -0.148. The lowest BCUT2D eigenvalue weighted by atomic mass is 9.89. The van der Waals surface area contributed by atoms with E-state index in [4.69, 9.17) is 23.3 Å². The fourth-order valence-electron chi connectivity index (χ4n) is 8.84. The first-order valence-electron chi connectivity index (χ1n) is 23.8. The van der Waals surface area contributed by atoms with Crippen molar-refractivity contribution in [3.8, 4) is 0 Å². The summed E-state index contributed by atoms with van der Waals surface area (Å²) < 4.78 is 57.7. The second kappa shape index (κ2) is 29.3. The average molecular weight is 1020 g/mol. The molecular weight excluding hydrogens is 938 g/mol. The minimum atomic E-state index is -5.38. The summed E-state index contributed by atoms with van der Waals surface area (Å²) in [6.45, 7) is 16.2. The summed E-state index contributed by atoms with van der Waals surface area (Å²) in [6.07, 6.45) is -1.20. The molecule has 23 heteroatoms. The topological polar surface area (TPSA) is 261 Å². The van der Waals surface area contributed by atoms with Crippen molar-refractivity contribution < 1.29 is 70.5 Å². The number of benzene rings is 1. The van der Waals surface area contributed by atoms with Crippen LogP contribution in [0.1, 0.15) is 99.7 Å². The van der Waals surface area contributed by atoms with Crippen molar-refractivity contribution in [3.05, 3.63) is 35.9 Å². The number of nitrogens with zero attached hydrogens (tertiary/aromatic N) is 3. The van der Waals surface area contributed by atoms with Crippen molar-refractivity contribution in [2.45, 2.75) is 137 Å². The summed E-state index contributed by atoms with van der Waals surface area (Å²) >= 11 is 0. The van der Waals surface area contributed by atoms with E-state index in [1.807, 2.05) is 60.5 Å². The molecule has 0 saturated carbocycles. The second-order valence-electron chi connectivity index (χ2n) is 18.5. The normalized spacial score (nSPS) is 19.9. The monoisotopic (exact) mass is 1020 g/mol. The molecule has 1 saturated heterocycles. The van der Waals surface area contributed by atoms with E-state index in [0.29, 0.717) is 38.0 Å². The number of carbonyl (C=O) groups is 5. The molecule has 1 aromatic carbocycles. The highest BCUT2D eigenvalue weighted by Gasteiger charge is 2.44. The molecule has 5 amide bonds. The highest BCUT2D eigenvalue weighted by Crippen LogP contribution is 2.62. The summed E-state index contributed by atoms with van der Waals surface area (Å²) in [5.74, 6) is -3.08. The van der Waals surface area contributed by atoms with Gasteiger partial charge in [0.05, 0.1) is 55.3 Å². The van der Waals surface area contributed by atoms with Gasteiger partial charge in [0.15, 0.2) is 0 Å². The van der Waals surface area contributed by atoms with Gasteiger partial charge in [0.2, 0.25) is 29.5 Å². The number of hydrogen-bond donors (Lipinski definition) is 5. The summed E-state index contributed by atoms with van der Waals surface area (Å²) in [6, 6.07) is 4.69. The van der Waals surface area contributed by atoms with Crippen molar-refractivity contribution >= 4 is 45.2 Å². The quantitative estimate of drug-likeness (QED) is 0.0514. The van der Waals surface area contributed by atoms with Gasteiger partial charge in [0, 0.05) is 41.0 Å². The first kappa shape index (κ1) is 61.8. The largest absolute Gasteiger partial charge is 0.481 e. The van der Waals surface area contributed by atoms with E-state index in [1.165, 1.54) is 21.1 Å². The van der Waals surface area contributed by atoms with Crippen LogP contribution in [0.2, 0.25) is 0 Å². The van der Waals surface area contributed by atoms with E-state index in [-0.39, 0.29) is 55.0 Å². The van der Waals surface area contributed by atoms with Crippen LogP contribution in [0.3, 0.4) is 0 Å². The van der Waals surface area contributed by atoms with Crippen molar-refractivity contribution in [2.24, 2.45) is 23.7 Å². The maximum absolute atomic E-state index is 14.4. The number of rotatable bonds is 31. The van der Waals surface area contributed by atoms with E-state index in [9.17, 15) is 42.9 Å². The highest BCUT2D eigenvalue weighted by atomic mass is 31.3. The maximum atomic E-state index is 14.4. The van der Waals surface area contributed by atoms with Crippen LogP contribution in [0.25, 0.3) is 0 Å². The molecule has 5 N–H and O–H groups in total. The Morgan fingerprint density at radius 2 is 1.51 bits per heavy atom. The number of likely N-dealkylation sites (N-methyl/N-ethyl adjacent to an activating group) is 2. The number of hydrogen-bond acceptors (Lipinski definition) is 14. The molecule has 2 unspecified atom stereocenters. The molecular formula is C46H82N6O15P2. The molecule has 0 spiro atoms. The van der Waals surface area contributed by atoms with Crippen LogP contribution in [-0.4, -0.2) is 165 Å². The van der Waals surface area contributed by atoms with Gasteiger partial charge in [-0.05, 0) is 64.1 Å². The zero-order chi connectivity index (χ0) is 52.4. The van der Waals surface area contributed by atoms with Crippen LogP contribution in [-0.2, 0) is 60.7 Å². The average Bonchev–Trinajstić information content (AvgIpc) is 3.77. The molecule has 1 aromatic rings. The molecule has 0 bridgehead atoms. The number of ether oxygens (including phenoxy) is 3. The van der Waals surface area contributed by atoms with Gasteiger partial charge in [-0.25, -0.2) is 9.13 Å². The molecule has 21 nitrogen and oxygen atoms in total. The van der Waals surface area contributed by atoms with Crippen LogP contribution >= 0.6 is 15.6 Å². The Morgan fingerprint density at radius 1 is 0.870 bits per heavy atom. The van der Waals surface area contributed by atoms with E-state index in [0.717, 1.165) is 0 Å². The maximum Gasteiger partial charge on any atom is 0.481 e. The number of carbonyl (C=O) groups excluding carboxylic acids is 5. The van der Waals surface area contributed by atoms with Crippen molar-refractivity contribution in [2.75, 3.05) is 68.3 Å². The van der Waals surface area contributed by atoms with Gasteiger partial charge in [-0.15, -0.1) is 0 Å². The lowest BCUT2D eigenvalue weighted by Gasteiger charge is -2.41. The number of methoxy groups -OCH3 is 2. The molecule has 2 rings (SSSR count). The van der Waals surface area contributed by atoms with Gasteiger partial charge in [0.1, 0.15) is 18.8 Å². The van der Waals surface area contributed by atoms with Crippen molar-refractivity contribution in [1.29, 1.82) is 0 Å². The van der Waals surface area contributed by atoms with Gasteiger partial charge in [-0.3, -0.25) is 37.9 Å². The summed E-state index contributed by atoms with van der Waals surface area (Å²) in [4.78, 5) is 94.1. The Hall–Kier alpha value is -3.33. The highest BCUT2D eigenvalue weighted by molar-refractivity contribution is 7.61. The lowest BCUT2D eigenvalue weighted by Crippen LogP contribution is -2.59. The Morgan fingerprint density at radius 3 is 2.04 bits per heavy atom. The summed E-state index contributed by atoms with van der Waals surface area (Å²) in [5, 5.41) is 8.23. The fourth-order valence-corrected chi connectivity index (χ4v) is 11.1. The van der Waals surface area contributed by atoms with Crippen LogP contribution in [0.15, 0.2) is 30.3 Å². The molecule has 12 atom stereocenters. The smallest absolute Gasteiger partial charge is 0.379 e. The SMILES string of the molecule is CCOCC(=O)NCCOP(=O)(O)OP(=O)(O)O[C@@H](c1ccccc1)[C@@H](C)NC(=O)[C@H](C)[C@@H](OC)[C@@H]1CCCN1C(=O)C[C@@H](OC)[C@H]([C@@H](C)CC)N(C)C(=O)[C@@H](NC(=O)[C@H](C(C)C)N(C)C)C(C)C. The summed E-state index contributed by atoms with van der Waals surface area (Å²) in [7, 11) is -2.31.